The van der Waals surface area contributed by atoms with E-state index in [-0.39, 0.29) is 0 Å². The third-order valence-corrected chi connectivity index (χ3v) is 5.63. The Morgan fingerprint density at radius 3 is 2.37 bits per heavy atom. The van der Waals surface area contributed by atoms with Crippen LogP contribution < -0.4 is 5.73 Å². The summed E-state index contributed by atoms with van der Waals surface area (Å²) in [5.74, 6) is 0. The molecule has 1 aliphatic heterocycles. The van der Waals surface area contributed by atoms with Gasteiger partial charge in [-0.1, -0.05) is 48.7 Å². The van der Waals surface area contributed by atoms with Crippen molar-refractivity contribution >= 4 is 21.6 Å². The minimum absolute atomic E-state index is 0.606. The molecule has 0 spiro atoms. The van der Waals surface area contributed by atoms with Crippen molar-refractivity contribution in [1.29, 1.82) is 0 Å². The number of nitrogens with two attached hydrogens (primary N) is 1. The van der Waals surface area contributed by atoms with Crippen LogP contribution in [0, 0.1) is 5.41 Å². The molecule has 1 aromatic rings. The first-order valence-corrected chi connectivity index (χ1v) is 8.14. The number of hydrogen-bond acceptors (Lipinski definition) is 2. The van der Waals surface area contributed by atoms with E-state index in [1.165, 1.54) is 44.3 Å². The fourth-order valence-corrected chi connectivity index (χ4v) is 3.60. The molecule has 0 aromatic heterocycles. The predicted molar refractivity (Wildman–Crippen MR) is 86.1 cm³/mol. The summed E-state index contributed by atoms with van der Waals surface area (Å²) in [5, 5.41) is 0. The molecule has 19 heavy (non-hydrogen) atoms. The van der Waals surface area contributed by atoms with Crippen molar-refractivity contribution in [2.24, 2.45) is 5.41 Å². The predicted octanol–water partition coefficient (Wildman–Crippen LogP) is 4.43. The molecule has 0 amide bonds. The topological polar surface area (TPSA) is 29.3 Å². The van der Waals surface area contributed by atoms with Crippen molar-refractivity contribution in [2.45, 2.75) is 46.1 Å². The first kappa shape index (κ1) is 14.9. The molecule has 3 heteroatoms. The van der Waals surface area contributed by atoms with Crippen molar-refractivity contribution in [3.05, 3.63) is 28.2 Å². The number of rotatable bonds is 4. The lowest BCUT2D eigenvalue weighted by molar-refractivity contribution is 0.0908. The van der Waals surface area contributed by atoms with E-state index in [2.05, 4.69) is 40.7 Å². The summed E-state index contributed by atoms with van der Waals surface area (Å²) < 4.78 is 1.13. The lowest BCUT2D eigenvalue weighted by Crippen LogP contribution is -2.39. The maximum absolute atomic E-state index is 5.79. The van der Waals surface area contributed by atoms with E-state index in [4.69, 9.17) is 5.73 Å². The van der Waals surface area contributed by atoms with Crippen LogP contribution in [0.3, 0.4) is 0 Å². The van der Waals surface area contributed by atoms with Crippen LogP contribution in [0.15, 0.2) is 22.7 Å². The Morgan fingerprint density at radius 1 is 1.21 bits per heavy atom. The standard InChI is InChI=1S/C16H25BrN2/c1-3-16(4-2)7-9-19(10-8-16)12-13-5-6-14(18)11-15(13)17/h5-6,11H,3-4,7-10,12,18H2,1-2H3. The van der Waals surface area contributed by atoms with E-state index < -0.39 is 0 Å². The molecular weight excluding hydrogens is 300 g/mol. The number of nitrogens with zero attached hydrogens (tertiary/aromatic N) is 1. The second kappa shape index (κ2) is 6.27. The Morgan fingerprint density at radius 2 is 1.84 bits per heavy atom. The van der Waals surface area contributed by atoms with E-state index in [9.17, 15) is 0 Å². The molecule has 0 unspecified atom stereocenters. The van der Waals surface area contributed by atoms with E-state index in [1.54, 1.807) is 0 Å². The summed E-state index contributed by atoms with van der Waals surface area (Å²) in [6.07, 6.45) is 5.32. The summed E-state index contributed by atoms with van der Waals surface area (Å²) in [6, 6.07) is 6.13. The smallest absolute Gasteiger partial charge is 0.0325 e. The summed E-state index contributed by atoms with van der Waals surface area (Å²) in [6.45, 7) is 8.16. The van der Waals surface area contributed by atoms with E-state index in [0.29, 0.717) is 5.41 Å². The quantitative estimate of drug-likeness (QED) is 0.830. The second-order valence-electron chi connectivity index (χ2n) is 5.83. The lowest BCUT2D eigenvalue weighted by atomic mass is 9.74. The van der Waals surface area contributed by atoms with Gasteiger partial charge < -0.3 is 5.73 Å². The van der Waals surface area contributed by atoms with Crippen molar-refractivity contribution < 1.29 is 0 Å². The molecule has 1 aromatic carbocycles. The molecule has 0 aliphatic carbocycles. The lowest BCUT2D eigenvalue weighted by Gasteiger charge is -2.41. The highest BCUT2D eigenvalue weighted by atomic mass is 79.9. The van der Waals surface area contributed by atoms with Crippen molar-refractivity contribution in [2.75, 3.05) is 18.8 Å². The first-order valence-electron chi connectivity index (χ1n) is 7.35. The normalized spacial score (nSPS) is 19.5. The third-order valence-electron chi connectivity index (χ3n) is 4.89. The van der Waals surface area contributed by atoms with Crippen LogP contribution in [-0.4, -0.2) is 18.0 Å². The zero-order chi connectivity index (χ0) is 13.9. The summed E-state index contributed by atoms with van der Waals surface area (Å²) >= 11 is 3.62. The van der Waals surface area contributed by atoms with Gasteiger partial charge in [0.25, 0.3) is 0 Å². The van der Waals surface area contributed by atoms with Crippen LogP contribution in [0.1, 0.15) is 45.1 Å². The maximum atomic E-state index is 5.79. The number of piperidine rings is 1. The zero-order valence-electron chi connectivity index (χ0n) is 12.1. The number of halogens is 1. The zero-order valence-corrected chi connectivity index (χ0v) is 13.7. The van der Waals surface area contributed by atoms with Gasteiger partial charge in [-0.15, -0.1) is 0 Å². The summed E-state index contributed by atoms with van der Waals surface area (Å²) in [4.78, 5) is 2.57. The van der Waals surface area contributed by atoms with Gasteiger partial charge in [0.15, 0.2) is 0 Å². The molecular formula is C16H25BrN2. The monoisotopic (exact) mass is 324 g/mol. The Balaban J connectivity index is 1.95. The maximum Gasteiger partial charge on any atom is 0.0325 e. The average molecular weight is 325 g/mol. The number of anilines is 1. The van der Waals surface area contributed by atoms with Crippen LogP contribution >= 0.6 is 15.9 Å². The fourth-order valence-electron chi connectivity index (χ4n) is 3.08. The van der Waals surface area contributed by atoms with Crippen LogP contribution in [0.5, 0.6) is 0 Å². The minimum Gasteiger partial charge on any atom is -0.399 e. The van der Waals surface area contributed by atoms with Gasteiger partial charge in [-0.3, -0.25) is 4.90 Å². The van der Waals surface area contributed by atoms with Crippen molar-refractivity contribution in [3.63, 3.8) is 0 Å². The Bertz CT molecular complexity index is 417. The van der Waals surface area contributed by atoms with Gasteiger partial charge in [-0.2, -0.15) is 0 Å². The van der Waals surface area contributed by atoms with Crippen LogP contribution in [-0.2, 0) is 6.54 Å². The summed E-state index contributed by atoms with van der Waals surface area (Å²) in [5.41, 5.74) is 8.56. The van der Waals surface area contributed by atoms with Crippen molar-refractivity contribution in [3.8, 4) is 0 Å². The Hall–Kier alpha value is -0.540. The molecule has 2 N–H and O–H groups in total. The number of likely N-dealkylation sites (tertiary alicyclic amines) is 1. The second-order valence-corrected chi connectivity index (χ2v) is 6.69. The van der Waals surface area contributed by atoms with Gasteiger partial charge in [-0.25, -0.2) is 0 Å². The van der Waals surface area contributed by atoms with Gasteiger partial charge in [-0.05, 0) is 49.0 Å². The van der Waals surface area contributed by atoms with Gasteiger partial charge in [0.1, 0.15) is 0 Å². The van der Waals surface area contributed by atoms with E-state index in [0.717, 1.165) is 16.7 Å². The van der Waals surface area contributed by atoms with E-state index in [1.807, 2.05) is 12.1 Å². The summed E-state index contributed by atoms with van der Waals surface area (Å²) in [7, 11) is 0. The van der Waals surface area contributed by atoms with Gasteiger partial charge in [0.05, 0.1) is 0 Å². The molecule has 2 rings (SSSR count). The molecule has 0 bridgehead atoms. The Labute approximate surface area is 125 Å². The van der Waals surface area contributed by atoms with Gasteiger partial charge in [0, 0.05) is 16.7 Å². The highest BCUT2D eigenvalue weighted by molar-refractivity contribution is 9.10. The van der Waals surface area contributed by atoms with Crippen molar-refractivity contribution in [1.82, 2.24) is 4.90 Å². The largest absolute Gasteiger partial charge is 0.399 e. The third kappa shape index (κ3) is 3.51. The Kier molecular flexibility index (Phi) is 4.91. The van der Waals surface area contributed by atoms with Gasteiger partial charge >= 0.3 is 0 Å². The minimum atomic E-state index is 0.606. The number of nitrogen functional groups attached to an aromatic ring is 1. The fraction of sp³-hybridized carbons (Fsp3) is 0.625. The first-order chi connectivity index (χ1) is 9.08. The SMILES string of the molecule is CCC1(CC)CCN(Cc2ccc(N)cc2Br)CC1. The average Bonchev–Trinajstić information content (AvgIpc) is 2.43. The van der Waals surface area contributed by atoms with Crippen LogP contribution in [0.25, 0.3) is 0 Å². The molecule has 1 saturated heterocycles. The van der Waals surface area contributed by atoms with E-state index >= 15 is 0 Å². The highest BCUT2D eigenvalue weighted by Gasteiger charge is 2.31. The molecule has 1 fully saturated rings. The highest BCUT2D eigenvalue weighted by Crippen LogP contribution is 2.38. The van der Waals surface area contributed by atoms with Gasteiger partial charge in [0.2, 0.25) is 0 Å². The molecule has 1 aliphatic rings. The molecule has 2 nitrogen and oxygen atoms in total. The molecule has 0 radical (unpaired) electrons. The van der Waals surface area contributed by atoms with Crippen LogP contribution in [0.2, 0.25) is 0 Å². The molecule has 0 saturated carbocycles. The number of benzene rings is 1. The number of hydrogen-bond donors (Lipinski definition) is 1. The molecule has 1 heterocycles. The van der Waals surface area contributed by atoms with Crippen LogP contribution in [0.4, 0.5) is 5.69 Å². The molecule has 0 atom stereocenters. The molecule has 106 valence electrons.